The average Bonchev–Trinajstić information content (AvgIpc) is 1.96. The Hall–Kier alpha value is -0.480. The van der Waals surface area contributed by atoms with E-state index < -0.39 is 17.7 Å². The van der Waals surface area contributed by atoms with Crippen LogP contribution in [0.25, 0.3) is 0 Å². The first-order valence-corrected chi connectivity index (χ1v) is 4.21. The molecule has 12 heavy (non-hydrogen) atoms. The topological polar surface area (TPSA) is 26.0 Å². The Morgan fingerprint density at radius 3 is 2.50 bits per heavy atom. The second-order valence-corrected chi connectivity index (χ2v) is 3.50. The molecule has 0 fully saturated rings. The lowest BCUT2D eigenvalue weighted by atomic mass is 10.1. The van der Waals surface area contributed by atoms with Crippen molar-refractivity contribution in [2.24, 2.45) is 5.73 Å². The Kier molecular flexibility index (Phi) is 2.80. The Balaban J connectivity index is 3.28. The first-order chi connectivity index (χ1) is 5.52. The molecule has 0 unspecified atom stereocenters. The molecule has 0 radical (unpaired) electrons. The summed E-state index contributed by atoms with van der Waals surface area (Å²) in [4.78, 5) is 0. The van der Waals surface area contributed by atoms with Gasteiger partial charge in [0.25, 0.3) is 0 Å². The minimum Gasteiger partial charge on any atom is -0.324 e. The highest BCUT2D eigenvalue weighted by molar-refractivity contribution is 9.10. The molecule has 0 saturated heterocycles. The summed E-state index contributed by atoms with van der Waals surface area (Å²) in [6.07, 6.45) is 0. The van der Waals surface area contributed by atoms with Gasteiger partial charge in [-0.2, -0.15) is 0 Å². The molecule has 1 rings (SSSR count). The van der Waals surface area contributed by atoms with Crippen LogP contribution >= 0.6 is 15.9 Å². The minimum atomic E-state index is -0.878. The van der Waals surface area contributed by atoms with Gasteiger partial charge in [-0.1, -0.05) is 15.9 Å². The molecule has 0 aliphatic rings. The van der Waals surface area contributed by atoms with E-state index in [0.29, 0.717) is 4.47 Å². The highest BCUT2D eigenvalue weighted by Crippen LogP contribution is 2.22. The van der Waals surface area contributed by atoms with Gasteiger partial charge < -0.3 is 5.73 Å². The summed E-state index contributed by atoms with van der Waals surface area (Å²) in [6, 6.07) is 2.04. The van der Waals surface area contributed by atoms with Crippen LogP contribution in [-0.2, 0) is 0 Å². The Bertz CT molecular complexity index is 299. The zero-order valence-electron chi connectivity index (χ0n) is 6.44. The molecule has 1 aromatic rings. The smallest absolute Gasteiger partial charge is 0.163 e. The SMILES string of the molecule is C[C@@H](N)c1cc(Br)cc(F)c1F. The lowest BCUT2D eigenvalue weighted by Crippen LogP contribution is -2.08. The molecule has 0 spiro atoms. The van der Waals surface area contributed by atoms with Crippen LogP contribution in [0.3, 0.4) is 0 Å². The van der Waals surface area contributed by atoms with E-state index in [1.54, 1.807) is 6.92 Å². The van der Waals surface area contributed by atoms with Gasteiger partial charge in [0.05, 0.1) is 0 Å². The van der Waals surface area contributed by atoms with Gasteiger partial charge in [0.2, 0.25) is 0 Å². The molecular formula is C8H8BrF2N. The van der Waals surface area contributed by atoms with Gasteiger partial charge in [-0.15, -0.1) is 0 Å². The van der Waals surface area contributed by atoms with E-state index in [2.05, 4.69) is 15.9 Å². The maximum absolute atomic E-state index is 13.0. The molecular weight excluding hydrogens is 228 g/mol. The maximum atomic E-state index is 13.0. The van der Waals surface area contributed by atoms with E-state index in [0.717, 1.165) is 6.07 Å². The molecule has 0 aromatic heterocycles. The van der Waals surface area contributed by atoms with Crippen molar-refractivity contribution in [1.29, 1.82) is 0 Å². The number of hydrogen-bond donors (Lipinski definition) is 1. The van der Waals surface area contributed by atoms with Gasteiger partial charge in [-0.3, -0.25) is 0 Å². The van der Waals surface area contributed by atoms with Crippen LogP contribution in [0.5, 0.6) is 0 Å². The third-order valence-corrected chi connectivity index (χ3v) is 1.97. The van der Waals surface area contributed by atoms with E-state index in [9.17, 15) is 8.78 Å². The quantitative estimate of drug-likeness (QED) is 0.745. The number of nitrogens with two attached hydrogens (primary N) is 1. The highest BCUT2D eigenvalue weighted by Gasteiger charge is 2.12. The van der Waals surface area contributed by atoms with Gasteiger partial charge in [-0.05, 0) is 19.1 Å². The highest BCUT2D eigenvalue weighted by atomic mass is 79.9. The summed E-state index contributed by atoms with van der Waals surface area (Å²) in [5.41, 5.74) is 5.61. The number of halogens is 3. The minimum absolute atomic E-state index is 0.182. The predicted molar refractivity (Wildman–Crippen MR) is 46.7 cm³/mol. The summed E-state index contributed by atoms with van der Waals surface area (Å²) in [5, 5.41) is 0. The Morgan fingerprint density at radius 1 is 1.42 bits per heavy atom. The van der Waals surface area contributed by atoms with Crippen molar-refractivity contribution >= 4 is 15.9 Å². The van der Waals surface area contributed by atoms with Crippen LogP contribution in [0.15, 0.2) is 16.6 Å². The van der Waals surface area contributed by atoms with Gasteiger partial charge in [-0.25, -0.2) is 8.78 Å². The van der Waals surface area contributed by atoms with Gasteiger partial charge >= 0.3 is 0 Å². The first-order valence-electron chi connectivity index (χ1n) is 3.42. The third kappa shape index (κ3) is 1.81. The van der Waals surface area contributed by atoms with Crippen LogP contribution in [0.2, 0.25) is 0 Å². The Labute approximate surface area is 77.7 Å². The third-order valence-electron chi connectivity index (χ3n) is 1.51. The largest absolute Gasteiger partial charge is 0.324 e. The van der Waals surface area contributed by atoms with Crippen molar-refractivity contribution in [1.82, 2.24) is 0 Å². The molecule has 0 bridgehead atoms. The lowest BCUT2D eigenvalue weighted by Gasteiger charge is -2.07. The summed E-state index contributed by atoms with van der Waals surface area (Å²) < 4.78 is 26.2. The fourth-order valence-electron chi connectivity index (χ4n) is 0.907. The second-order valence-electron chi connectivity index (χ2n) is 2.58. The van der Waals surface area contributed by atoms with Crippen LogP contribution in [0.1, 0.15) is 18.5 Å². The van der Waals surface area contributed by atoms with Crippen LogP contribution in [0, 0.1) is 11.6 Å². The van der Waals surface area contributed by atoms with Crippen molar-refractivity contribution in [3.05, 3.63) is 33.8 Å². The number of benzene rings is 1. The van der Waals surface area contributed by atoms with E-state index in [1.807, 2.05) is 0 Å². The molecule has 0 aliphatic carbocycles. The van der Waals surface area contributed by atoms with Crippen LogP contribution < -0.4 is 5.73 Å². The molecule has 4 heteroatoms. The molecule has 0 heterocycles. The van der Waals surface area contributed by atoms with Crippen molar-refractivity contribution < 1.29 is 8.78 Å². The predicted octanol–water partition coefficient (Wildman–Crippen LogP) is 2.75. The van der Waals surface area contributed by atoms with Crippen LogP contribution in [-0.4, -0.2) is 0 Å². The summed E-state index contributed by atoms with van der Waals surface area (Å²) in [7, 11) is 0. The van der Waals surface area contributed by atoms with Crippen molar-refractivity contribution in [3.63, 3.8) is 0 Å². The molecule has 0 saturated carbocycles. The maximum Gasteiger partial charge on any atom is 0.163 e. The number of hydrogen-bond acceptors (Lipinski definition) is 1. The monoisotopic (exact) mass is 235 g/mol. The van der Waals surface area contributed by atoms with E-state index in [-0.39, 0.29) is 5.56 Å². The molecule has 0 aliphatic heterocycles. The van der Waals surface area contributed by atoms with E-state index >= 15 is 0 Å². The van der Waals surface area contributed by atoms with Crippen molar-refractivity contribution in [3.8, 4) is 0 Å². The van der Waals surface area contributed by atoms with Gasteiger partial charge in [0.15, 0.2) is 11.6 Å². The standard InChI is InChI=1S/C8H8BrF2N/c1-4(12)6-2-5(9)3-7(10)8(6)11/h2-4H,12H2,1H3/t4-/m1/s1. The molecule has 2 N–H and O–H groups in total. The normalized spacial score (nSPS) is 13.1. The van der Waals surface area contributed by atoms with E-state index in [1.165, 1.54) is 6.07 Å². The molecule has 1 aromatic carbocycles. The molecule has 66 valence electrons. The molecule has 0 amide bonds. The first kappa shape index (κ1) is 9.61. The zero-order chi connectivity index (χ0) is 9.30. The van der Waals surface area contributed by atoms with Gasteiger partial charge in [0.1, 0.15) is 0 Å². The fraction of sp³-hybridized carbons (Fsp3) is 0.250. The second kappa shape index (κ2) is 3.49. The summed E-state index contributed by atoms with van der Waals surface area (Å²) >= 11 is 3.05. The number of rotatable bonds is 1. The van der Waals surface area contributed by atoms with Crippen molar-refractivity contribution in [2.75, 3.05) is 0 Å². The fourth-order valence-corrected chi connectivity index (χ4v) is 1.35. The van der Waals surface area contributed by atoms with Crippen LogP contribution in [0.4, 0.5) is 8.78 Å². The molecule has 1 nitrogen and oxygen atoms in total. The molecule has 1 atom stereocenters. The summed E-state index contributed by atoms with van der Waals surface area (Å²) in [6.45, 7) is 1.60. The average molecular weight is 236 g/mol. The lowest BCUT2D eigenvalue weighted by molar-refractivity contribution is 0.491. The van der Waals surface area contributed by atoms with E-state index in [4.69, 9.17) is 5.73 Å². The Morgan fingerprint density at radius 2 is 2.00 bits per heavy atom. The van der Waals surface area contributed by atoms with Gasteiger partial charge in [0, 0.05) is 16.1 Å². The summed E-state index contributed by atoms with van der Waals surface area (Å²) in [5.74, 6) is -1.75. The zero-order valence-corrected chi connectivity index (χ0v) is 8.03. The van der Waals surface area contributed by atoms with Crippen molar-refractivity contribution in [2.45, 2.75) is 13.0 Å².